The van der Waals surface area contributed by atoms with Crippen LogP contribution >= 0.6 is 0 Å². The predicted molar refractivity (Wildman–Crippen MR) is 111 cm³/mol. The molecule has 0 saturated heterocycles. The van der Waals surface area contributed by atoms with Crippen molar-refractivity contribution < 1.29 is 18.5 Å². The summed E-state index contributed by atoms with van der Waals surface area (Å²) in [5.74, 6) is 0.419. The Morgan fingerprint density at radius 1 is 1.20 bits per heavy atom. The number of nitrogens with zero attached hydrogens (tertiary/aromatic N) is 4. The fourth-order valence-electron chi connectivity index (χ4n) is 3.34. The molecule has 0 aliphatic rings. The van der Waals surface area contributed by atoms with Crippen molar-refractivity contribution in [3.8, 4) is 22.6 Å². The van der Waals surface area contributed by atoms with Crippen LogP contribution in [0, 0.1) is 0 Å². The first-order chi connectivity index (χ1) is 14.4. The number of hydrogen-bond acceptors (Lipinski definition) is 6. The van der Waals surface area contributed by atoms with Crippen molar-refractivity contribution in [2.45, 2.75) is 13.2 Å². The van der Waals surface area contributed by atoms with Crippen LogP contribution in [0.5, 0.6) is 5.75 Å². The molecule has 0 saturated carbocycles. The molecule has 0 aliphatic heterocycles. The minimum absolute atomic E-state index is 0.198. The van der Waals surface area contributed by atoms with E-state index in [0.29, 0.717) is 33.7 Å². The Kier molecular flexibility index (Phi) is 5.09. The zero-order valence-electron chi connectivity index (χ0n) is 16.3. The van der Waals surface area contributed by atoms with Gasteiger partial charge in [-0.1, -0.05) is 19.0 Å². The monoisotopic (exact) mass is 409 g/mol. The van der Waals surface area contributed by atoms with E-state index in [2.05, 4.69) is 15.3 Å². The molecular weight excluding hydrogens is 391 g/mol. The van der Waals surface area contributed by atoms with Crippen LogP contribution in [-0.2, 0) is 0 Å². The zero-order valence-corrected chi connectivity index (χ0v) is 16.3. The van der Waals surface area contributed by atoms with Gasteiger partial charge < -0.3 is 15.5 Å². The molecule has 30 heavy (non-hydrogen) atoms. The number of halogens is 2. The van der Waals surface area contributed by atoms with Crippen molar-refractivity contribution >= 4 is 29.0 Å². The lowest BCUT2D eigenvalue weighted by molar-refractivity contribution is 0.151. The summed E-state index contributed by atoms with van der Waals surface area (Å²) in [6.07, 6.45) is 1.22. The average molecular weight is 409 g/mol. The Morgan fingerprint density at radius 2 is 2.00 bits per heavy atom. The third kappa shape index (κ3) is 3.46. The van der Waals surface area contributed by atoms with E-state index in [4.69, 9.17) is 10.5 Å². The van der Waals surface area contributed by atoms with Crippen LogP contribution in [0.15, 0.2) is 48.9 Å². The van der Waals surface area contributed by atoms with E-state index < -0.39 is 13.3 Å². The summed E-state index contributed by atoms with van der Waals surface area (Å²) in [7, 11) is 1.48. The van der Waals surface area contributed by atoms with E-state index in [1.807, 2.05) is 12.1 Å². The maximum absolute atomic E-state index is 13.1. The van der Waals surface area contributed by atoms with Crippen molar-refractivity contribution in [3.63, 3.8) is 0 Å². The number of alkyl halides is 2. The van der Waals surface area contributed by atoms with Gasteiger partial charge in [-0.3, -0.25) is 0 Å². The molecule has 0 bridgehead atoms. The molecule has 2 heterocycles. The number of benzene rings is 2. The molecule has 0 amide bonds. The summed E-state index contributed by atoms with van der Waals surface area (Å²) in [5, 5.41) is 23.1. The second-order valence-corrected chi connectivity index (χ2v) is 6.84. The third-order valence-corrected chi connectivity index (χ3v) is 4.88. The molecular formula is C20H18BF2N5O2. The first-order valence-corrected chi connectivity index (χ1v) is 9.13. The maximum atomic E-state index is 13.1. The van der Waals surface area contributed by atoms with Crippen molar-refractivity contribution in [1.82, 2.24) is 20.0 Å². The lowest BCUT2D eigenvalue weighted by Gasteiger charge is -2.17. The lowest BCUT2D eigenvalue weighted by Crippen LogP contribution is -2.28. The molecule has 0 aliphatic carbocycles. The highest BCUT2D eigenvalue weighted by Gasteiger charge is 2.20. The van der Waals surface area contributed by atoms with E-state index in [9.17, 15) is 13.8 Å². The van der Waals surface area contributed by atoms with Gasteiger partial charge >= 0.3 is 6.92 Å². The van der Waals surface area contributed by atoms with Gasteiger partial charge in [0.1, 0.15) is 5.75 Å². The fraction of sp³-hybridized carbons (Fsp3) is 0.150. The van der Waals surface area contributed by atoms with Crippen LogP contribution in [0.1, 0.15) is 12.0 Å². The second-order valence-electron chi connectivity index (χ2n) is 6.84. The summed E-state index contributed by atoms with van der Waals surface area (Å²) in [6, 6.07) is 8.87. The Labute approximate surface area is 171 Å². The largest absolute Gasteiger partial charge is 0.497 e. The van der Waals surface area contributed by atoms with Crippen molar-refractivity contribution in [1.29, 1.82) is 0 Å². The van der Waals surface area contributed by atoms with Gasteiger partial charge in [-0.2, -0.15) is 15.3 Å². The van der Waals surface area contributed by atoms with Gasteiger partial charge in [-0.05, 0) is 23.2 Å². The van der Waals surface area contributed by atoms with E-state index in [0.717, 1.165) is 17.1 Å². The van der Waals surface area contributed by atoms with Crippen molar-refractivity contribution in [2.75, 3.05) is 12.8 Å². The SMILES string of the molecule is COc1cc(-n2cc(C(F)F)cn2)c(-c2ccc3c(N)cnnc3c2)cc1B(C)O. The molecule has 2 aromatic carbocycles. The molecule has 2 aromatic heterocycles. The summed E-state index contributed by atoms with van der Waals surface area (Å²) in [6.45, 7) is 0.814. The Balaban J connectivity index is 1.97. The Hall–Kier alpha value is -3.53. The Bertz CT molecular complexity index is 1230. The molecule has 0 radical (unpaired) electrons. The van der Waals surface area contributed by atoms with Gasteiger partial charge in [0.25, 0.3) is 6.43 Å². The number of hydrogen-bond donors (Lipinski definition) is 2. The first-order valence-electron chi connectivity index (χ1n) is 9.13. The van der Waals surface area contributed by atoms with Gasteiger partial charge in [0.2, 0.25) is 0 Å². The maximum Gasteiger partial charge on any atom is 0.324 e. The van der Waals surface area contributed by atoms with Crippen LogP contribution < -0.4 is 15.9 Å². The van der Waals surface area contributed by atoms with E-state index in [1.54, 1.807) is 25.0 Å². The minimum Gasteiger partial charge on any atom is -0.497 e. The van der Waals surface area contributed by atoms with Crippen LogP contribution in [0.25, 0.3) is 27.7 Å². The second kappa shape index (κ2) is 7.71. The number of rotatable bonds is 5. The topological polar surface area (TPSA) is 99.1 Å². The highest BCUT2D eigenvalue weighted by molar-refractivity contribution is 6.66. The smallest absolute Gasteiger partial charge is 0.324 e. The van der Waals surface area contributed by atoms with Gasteiger partial charge in [-0.25, -0.2) is 13.5 Å². The average Bonchev–Trinajstić information content (AvgIpc) is 3.23. The molecule has 4 aromatic rings. The standard InChI is InChI=1S/C20H18BF2N5O2/c1-21(29)15-6-14(11-3-4-13-16(24)9-25-27-17(13)5-11)18(7-19(15)30-2)28-10-12(8-26-28)20(22)23/h3-10,20,29H,1-2H3,(H2,24,27). The molecule has 0 unspecified atom stereocenters. The van der Waals surface area contributed by atoms with Crippen LogP contribution in [0.3, 0.4) is 0 Å². The van der Waals surface area contributed by atoms with Crippen LogP contribution in [0.2, 0.25) is 6.82 Å². The summed E-state index contributed by atoms with van der Waals surface area (Å²) in [5.41, 5.74) is 9.30. The molecule has 0 atom stereocenters. The molecule has 7 nitrogen and oxygen atoms in total. The normalized spacial score (nSPS) is 11.3. The quantitative estimate of drug-likeness (QED) is 0.492. The first kappa shape index (κ1) is 19.8. The van der Waals surface area contributed by atoms with E-state index in [-0.39, 0.29) is 5.56 Å². The summed E-state index contributed by atoms with van der Waals surface area (Å²) >= 11 is 0. The number of fused-ring (bicyclic) bond motifs is 1. The predicted octanol–water partition coefficient (Wildman–Crippen LogP) is 2.83. The van der Waals surface area contributed by atoms with Gasteiger partial charge in [0, 0.05) is 23.2 Å². The summed E-state index contributed by atoms with van der Waals surface area (Å²) < 4.78 is 33.0. The minimum atomic E-state index is -2.64. The number of nitrogen functional groups attached to an aromatic ring is 1. The number of methoxy groups -OCH3 is 1. The van der Waals surface area contributed by atoms with E-state index >= 15 is 0 Å². The lowest BCUT2D eigenvalue weighted by atomic mass is 9.63. The number of ether oxygens (including phenoxy) is 1. The molecule has 152 valence electrons. The Morgan fingerprint density at radius 3 is 2.67 bits per heavy atom. The van der Waals surface area contributed by atoms with Gasteiger partial charge in [0.05, 0.1) is 42.0 Å². The molecule has 10 heteroatoms. The van der Waals surface area contributed by atoms with Gasteiger partial charge in [-0.15, -0.1) is 0 Å². The molecule has 4 rings (SSSR count). The molecule has 0 spiro atoms. The number of aromatic nitrogens is 4. The fourth-order valence-corrected chi connectivity index (χ4v) is 3.34. The van der Waals surface area contributed by atoms with E-state index in [1.165, 1.54) is 24.2 Å². The van der Waals surface area contributed by atoms with Crippen molar-refractivity contribution in [2.24, 2.45) is 0 Å². The third-order valence-electron chi connectivity index (χ3n) is 4.88. The van der Waals surface area contributed by atoms with Crippen LogP contribution in [0.4, 0.5) is 14.5 Å². The van der Waals surface area contributed by atoms with Crippen molar-refractivity contribution in [3.05, 3.63) is 54.5 Å². The van der Waals surface area contributed by atoms with Gasteiger partial charge in [0.15, 0.2) is 0 Å². The zero-order chi connectivity index (χ0) is 21.4. The molecule has 3 N–H and O–H groups in total. The molecule has 0 fully saturated rings. The highest BCUT2D eigenvalue weighted by Crippen LogP contribution is 2.32. The number of nitrogens with two attached hydrogens (primary N) is 1. The number of anilines is 1. The van der Waals surface area contributed by atoms with Crippen LogP contribution in [-0.4, -0.2) is 39.0 Å². The highest BCUT2D eigenvalue weighted by atomic mass is 19.3. The summed E-state index contributed by atoms with van der Waals surface area (Å²) in [4.78, 5) is 0.